The molecule has 1 N–H and O–H groups in total. The van der Waals surface area contributed by atoms with Gasteiger partial charge in [-0.3, -0.25) is 14.9 Å². The average Bonchev–Trinajstić information content (AvgIpc) is 2.56. The molecular formula is C16H26N2O4. The molecule has 0 atom stereocenters. The highest BCUT2D eigenvalue weighted by molar-refractivity contribution is 5.68. The summed E-state index contributed by atoms with van der Waals surface area (Å²) in [4.78, 5) is 21.0. The Labute approximate surface area is 132 Å². The number of nitrogens with zero attached hydrogens (tertiary/aromatic N) is 1. The van der Waals surface area contributed by atoms with Crippen LogP contribution in [-0.4, -0.2) is 24.5 Å². The Morgan fingerprint density at radius 1 is 1.14 bits per heavy atom. The number of anilines is 1. The van der Waals surface area contributed by atoms with Gasteiger partial charge in [0, 0.05) is 30.8 Å². The van der Waals surface area contributed by atoms with E-state index in [1.807, 2.05) is 13.8 Å². The van der Waals surface area contributed by atoms with Gasteiger partial charge in [0.15, 0.2) is 0 Å². The lowest BCUT2D eigenvalue weighted by molar-refractivity contribution is -0.384. The lowest BCUT2D eigenvalue weighted by Gasteiger charge is -2.06. The fourth-order valence-corrected chi connectivity index (χ4v) is 1.78. The average molecular weight is 310 g/mol. The number of ether oxygens (including phenoxy) is 1. The number of carbonyl (C=O) groups excluding carboxylic acids is 1. The molecule has 1 aromatic carbocycles. The van der Waals surface area contributed by atoms with Crippen LogP contribution < -0.4 is 5.32 Å². The predicted octanol–water partition coefficient (Wildman–Crippen LogP) is 4.16. The van der Waals surface area contributed by atoms with Gasteiger partial charge in [-0.1, -0.05) is 26.7 Å². The lowest BCUT2D eigenvalue weighted by atomic mass is 10.1. The highest BCUT2D eigenvalue weighted by atomic mass is 16.6. The molecule has 1 aromatic rings. The van der Waals surface area contributed by atoms with E-state index in [0.717, 1.165) is 37.9 Å². The van der Waals surface area contributed by atoms with Gasteiger partial charge in [0.05, 0.1) is 12.0 Å². The Morgan fingerprint density at radius 3 is 2.27 bits per heavy atom. The summed E-state index contributed by atoms with van der Waals surface area (Å²) >= 11 is 0. The molecule has 0 spiro atoms. The van der Waals surface area contributed by atoms with Crippen LogP contribution in [0.2, 0.25) is 0 Å². The molecular weight excluding hydrogens is 284 g/mol. The first-order chi connectivity index (χ1) is 10.6. The Kier molecular flexibility index (Phi) is 11.4. The van der Waals surface area contributed by atoms with Crippen LogP contribution in [-0.2, 0) is 9.53 Å². The maximum Gasteiger partial charge on any atom is 0.305 e. The van der Waals surface area contributed by atoms with Crippen LogP contribution in [0.15, 0.2) is 24.3 Å². The minimum absolute atomic E-state index is 0.0957. The number of hydrogen-bond acceptors (Lipinski definition) is 5. The van der Waals surface area contributed by atoms with Gasteiger partial charge >= 0.3 is 5.97 Å². The molecule has 0 saturated heterocycles. The molecule has 0 bridgehead atoms. The van der Waals surface area contributed by atoms with Crippen LogP contribution in [0.25, 0.3) is 0 Å². The smallest absolute Gasteiger partial charge is 0.305 e. The zero-order valence-corrected chi connectivity index (χ0v) is 13.6. The SMILES string of the molecule is CC.COC(=O)CCCCCCNc1ccc([N+](=O)[O-])cc1. The molecule has 0 aromatic heterocycles. The van der Waals surface area contributed by atoms with E-state index in [1.165, 1.54) is 19.2 Å². The normalized spacial score (nSPS) is 9.41. The van der Waals surface area contributed by atoms with E-state index in [2.05, 4.69) is 10.1 Å². The molecule has 6 nitrogen and oxygen atoms in total. The van der Waals surface area contributed by atoms with Crippen LogP contribution in [0, 0.1) is 10.1 Å². The molecule has 0 aliphatic heterocycles. The molecule has 0 unspecified atom stereocenters. The Hall–Kier alpha value is -2.11. The largest absolute Gasteiger partial charge is 0.469 e. The van der Waals surface area contributed by atoms with Crippen molar-refractivity contribution in [2.75, 3.05) is 19.0 Å². The van der Waals surface area contributed by atoms with Gasteiger partial charge in [0.25, 0.3) is 5.69 Å². The van der Waals surface area contributed by atoms with Crippen molar-refractivity contribution < 1.29 is 14.5 Å². The van der Waals surface area contributed by atoms with Crippen LogP contribution in [0.4, 0.5) is 11.4 Å². The summed E-state index contributed by atoms with van der Waals surface area (Å²) in [6.45, 7) is 4.82. The summed E-state index contributed by atoms with van der Waals surface area (Å²) in [6.07, 6.45) is 4.36. The molecule has 0 amide bonds. The number of benzene rings is 1. The summed E-state index contributed by atoms with van der Waals surface area (Å²) < 4.78 is 4.56. The first kappa shape index (κ1) is 19.9. The van der Waals surface area contributed by atoms with Crippen molar-refractivity contribution >= 4 is 17.3 Å². The summed E-state index contributed by atoms with van der Waals surface area (Å²) in [7, 11) is 1.40. The maximum absolute atomic E-state index is 10.9. The number of esters is 1. The zero-order chi connectivity index (χ0) is 16.8. The van der Waals surface area contributed by atoms with Gasteiger partial charge in [0.2, 0.25) is 0 Å². The van der Waals surface area contributed by atoms with Crippen molar-refractivity contribution in [1.82, 2.24) is 0 Å². The molecule has 124 valence electrons. The van der Waals surface area contributed by atoms with Crippen molar-refractivity contribution in [2.45, 2.75) is 46.0 Å². The fourth-order valence-electron chi connectivity index (χ4n) is 1.78. The van der Waals surface area contributed by atoms with Crippen molar-refractivity contribution in [3.8, 4) is 0 Å². The number of nitro groups is 1. The van der Waals surface area contributed by atoms with Crippen molar-refractivity contribution in [1.29, 1.82) is 0 Å². The van der Waals surface area contributed by atoms with Crippen molar-refractivity contribution in [3.63, 3.8) is 0 Å². The molecule has 0 aliphatic carbocycles. The van der Waals surface area contributed by atoms with Crippen LogP contribution in [0.1, 0.15) is 46.0 Å². The summed E-state index contributed by atoms with van der Waals surface area (Å²) in [5.74, 6) is -0.158. The highest BCUT2D eigenvalue weighted by Gasteiger charge is 2.03. The van der Waals surface area contributed by atoms with Gasteiger partial charge < -0.3 is 10.1 Å². The highest BCUT2D eigenvalue weighted by Crippen LogP contribution is 2.15. The topological polar surface area (TPSA) is 81.5 Å². The van der Waals surface area contributed by atoms with E-state index in [-0.39, 0.29) is 11.7 Å². The monoisotopic (exact) mass is 310 g/mol. The van der Waals surface area contributed by atoms with Crippen LogP contribution in [0.3, 0.4) is 0 Å². The second-order valence-corrected chi connectivity index (χ2v) is 4.47. The standard InChI is InChI=1S/C14H20N2O4.C2H6/c1-20-14(17)6-4-2-3-5-11-15-12-7-9-13(10-8-12)16(18)19;1-2/h7-10,15H,2-6,11H2,1H3;1-2H3. The van der Waals surface area contributed by atoms with Crippen LogP contribution >= 0.6 is 0 Å². The minimum atomic E-state index is -0.412. The quantitative estimate of drug-likeness (QED) is 0.320. The number of non-ortho nitro benzene ring substituents is 1. The number of nitro benzene ring substituents is 1. The summed E-state index contributed by atoms with van der Waals surface area (Å²) in [5.41, 5.74) is 0.975. The number of methoxy groups -OCH3 is 1. The lowest BCUT2D eigenvalue weighted by Crippen LogP contribution is -2.02. The zero-order valence-electron chi connectivity index (χ0n) is 13.6. The van der Waals surface area contributed by atoms with Gasteiger partial charge in [0.1, 0.15) is 0 Å². The first-order valence-corrected chi connectivity index (χ1v) is 7.68. The second-order valence-electron chi connectivity index (χ2n) is 4.47. The van der Waals surface area contributed by atoms with E-state index in [9.17, 15) is 14.9 Å². The first-order valence-electron chi connectivity index (χ1n) is 7.68. The molecule has 0 heterocycles. The molecule has 0 aliphatic rings. The second kappa shape index (κ2) is 12.6. The molecule has 0 fully saturated rings. The number of hydrogen-bond donors (Lipinski definition) is 1. The van der Waals surface area contributed by atoms with Crippen LogP contribution in [0.5, 0.6) is 0 Å². The fraction of sp³-hybridized carbons (Fsp3) is 0.562. The number of unbranched alkanes of at least 4 members (excludes halogenated alkanes) is 3. The van der Waals surface area contributed by atoms with E-state index in [4.69, 9.17) is 0 Å². The molecule has 0 radical (unpaired) electrons. The summed E-state index contributed by atoms with van der Waals surface area (Å²) in [6, 6.07) is 6.38. The van der Waals surface area contributed by atoms with E-state index < -0.39 is 4.92 Å². The van der Waals surface area contributed by atoms with Gasteiger partial charge in [-0.25, -0.2) is 0 Å². The number of rotatable bonds is 9. The molecule has 6 heteroatoms. The third-order valence-electron chi connectivity index (χ3n) is 2.94. The minimum Gasteiger partial charge on any atom is -0.469 e. The van der Waals surface area contributed by atoms with Crippen molar-refractivity contribution in [3.05, 3.63) is 34.4 Å². The van der Waals surface area contributed by atoms with Gasteiger partial charge in [-0.2, -0.15) is 0 Å². The number of carbonyl (C=O) groups is 1. The third-order valence-corrected chi connectivity index (χ3v) is 2.94. The Bertz CT molecular complexity index is 432. The third kappa shape index (κ3) is 8.94. The van der Waals surface area contributed by atoms with Crippen molar-refractivity contribution in [2.24, 2.45) is 0 Å². The number of nitrogens with one attached hydrogen (secondary N) is 1. The molecule has 22 heavy (non-hydrogen) atoms. The Balaban J connectivity index is 0.00000211. The molecule has 0 saturated carbocycles. The molecule has 1 rings (SSSR count). The summed E-state index contributed by atoms with van der Waals surface area (Å²) in [5, 5.41) is 13.7. The van der Waals surface area contributed by atoms with E-state index in [0.29, 0.717) is 6.42 Å². The Morgan fingerprint density at radius 2 is 1.73 bits per heavy atom. The van der Waals surface area contributed by atoms with Gasteiger partial charge in [-0.15, -0.1) is 0 Å². The van der Waals surface area contributed by atoms with E-state index >= 15 is 0 Å². The maximum atomic E-state index is 10.9. The van der Waals surface area contributed by atoms with E-state index in [1.54, 1.807) is 12.1 Å². The van der Waals surface area contributed by atoms with Gasteiger partial charge in [-0.05, 0) is 25.0 Å². The predicted molar refractivity (Wildman–Crippen MR) is 88.0 cm³/mol.